The molecule has 45 heavy (non-hydrogen) atoms. The van der Waals surface area contributed by atoms with Gasteiger partial charge in [0.2, 0.25) is 0 Å². The molecule has 0 aliphatic carbocycles. The summed E-state index contributed by atoms with van der Waals surface area (Å²) in [6, 6.07) is 12.4. The number of carbonyl (C=O) groups excluding carboxylic acids is 2. The fourth-order valence-electron chi connectivity index (χ4n) is 5.27. The van der Waals surface area contributed by atoms with Crippen LogP contribution in [0.2, 0.25) is 0 Å². The summed E-state index contributed by atoms with van der Waals surface area (Å²) in [7, 11) is 0. The number of rotatable bonds is 21. The number of unbranched alkanes of at least 4 members (excludes halogenated alkanes) is 6. The van der Waals surface area contributed by atoms with Crippen molar-refractivity contribution in [2.75, 3.05) is 13.2 Å². The molecule has 0 aromatic heterocycles. The maximum absolute atomic E-state index is 12.1. The molecule has 3 aromatic rings. The lowest BCUT2D eigenvalue weighted by atomic mass is 9.98. The molecule has 0 saturated carbocycles. The number of carbonyl (C=O) groups is 3. The quantitative estimate of drug-likeness (QED) is 0.0547. The summed E-state index contributed by atoms with van der Waals surface area (Å²) >= 11 is 0. The van der Waals surface area contributed by atoms with Gasteiger partial charge in [-0.3, -0.25) is 0 Å². The van der Waals surface area contributed by atoms with Crippen molar-refractivity contribution in [2.24, 2.45) is 0 Å². The molecular weight excluding hydrogens is 572 g/mol. The summed E-state index contributed by atoms with van der Waals surface area (Å²) < 4.78 is 24.1. The fourth-order valence-corrected chi connectivity index (χ4v) is 5.27. The first-order valence-corrected chi connectivity index (χ1v) is 16.0. The standard InChI is InChI=1S/C37H46O8/c1-5-9-11-13-17-27(44-33(38)7-3)24-42-35-29-19-15-16-20-30(29)36(32-23-26(37(40)41)21-22-31(32)35)43-25-28(45-34(39)8-4)18-14-12-10-6-2/h7-8,15-16,19-23,27-28H,3-6,9-14,17-18,24-25H2,1-2H3,(H,40,41). The molecular formula is C37H46O8. The first kappa shape index (κ1) is 35.2. The second-order valence-electron chi connectivity index (χ2n) is 11.1. The Hall–Kier alpha value is -4.33. The minimum absolute atomic E-state index is 0.0830. The number of carboxylic acids is 1. The van der Waals surface area contributed by atoms with Crippen LogP contribution in [0, 0.1) is 0 Å². The molecule has 0 heterocycles. The molecule has 3 rings (SSSR count). The van der Waals surface area contributed by atoms with Crippen molar-refractivity contribution in [2.45, 2.75) is 90.3 Å². The van der Waals surface area contributed by atoms with E-state index in [4.69, 9.17) is 18.9 Å². The molecule has 1 N–H and O–H groups in total. The number of esters is 2. The lowest BCUT2D eigenvalue weighted by Gasteiger charge is -2.23. The van der Waals surface area contributed by atoms with Crippen molar-refractivity contribution < 1.29 is 38.4 Å². The zero-order valence-corrected chi connectivity index (χ0v) is 26.6. The van der Waals surface area contributed by atoms with Crippen molar-refractivity contribution in [3.63, 3.8) is 0 Å². The van der Waals surface area contributed by atoms with E-state index in [2.05, 4.69) is 27.0 Å². The number of hydrogen-bond donors (Lipinski definition) is 1. The van der Waals surface area contributed by atoms with Gasteiger partial charge in [0.1, 0.15) is 36.9 Å². The van der Waals surface area contributed by atoms with E-state index in [1.807, 2.05) is 24.3 Å². The molecule has 2 unspecified atom stereocenters. The summed E-state index contributed by atoms with van der Waals surface area (Å²) in [5, 5.41) is 12.5. The SMILES string of the molecule is C=CC(=O)OC(CCCCCC)COc1c2ccccc2c(OCC(CCCCCC)OC(=O)C=C)c2cc(C(=O)O)ccc12. The molecule has 3 aromatic carbocycles. The Labute approximate surface area is 266 Å². The zero-order valence-electron chi connectivity index (χ0n) is 26.6. The molecule has 0 fully saturated rings. The summed E-state index contributed by atoms with van der Waals surface area (Å²) in [4.78, 5) is 36.2. The minimum Gasteiger partial charge on any atom is -0.488 e. The predicted molar refractivity (Wildman–Crippen MR) is 177 cm³/mol. The summed E-state index contributed by atoms with van der Waals surface area (Å²) in [6.45, 7) is 11.5. The van der Waals surface area contributed by atoms with Crippen molar-refractivity contribution >= 4 is 39.5 Å². The van der Waals surface area contributed by atoms with Crippen LogP contribution in [-0.2, 0) is 19.1 Å². The zero-order chi connectivity index (χ0) is 32.6. The minimum atomic E-state index is -1.07. The van der Waals surface area contributed by atoms with E-state index in [9.17, 15) is 19.5 Å². The van der Waals surface area contributed by atoms with Gasteiger partial charge in [-0.1, -0.05) is 89.8 Å². The van der Waals surface area contributed by atoms with E-state index in [-0.39, 0.29) is 18.8 Å². The summed E-state index contributed by atoms with van der Waals surface area (Å²) in [5.41, 5.74) is 0.0940. The van der Waals surface area contributed by atoms with Gasteiger partial charge in [-0.2, -0.15) is 0 Å². The maximum atomic E-state index is 12.1. The number of carboxylic acid groups (broad SMARTS) is 1. The number of hydrogen-bond acceptors (Lipinski definition) is 7. The number of aromatic carboxylic acids is 1. The second-order valence-corrected chi connectivity index (χ2v) is 11.1. The third kappa shape index (κ3) is 10.4. The smallest absolute Gasteiger partial charge is 0.335 e. The molecule has 8 heteroatoms. The lowest BCUT2D eigenvalue weighted by Crippen LogP contribution is -2.25. The first-order valence-electron chi connectivity index (χ1n) is 16.0. The predicted octanol–water partition coefficient (Wildman–Crippen LogP) is 8.59. The largest absolute Gasteiger partial charge is 0.488 e. The van der Waals surface area contributed by atoms with Crippen molar-refractivity contribution in [3.8, 4) is 11.5 Å². The molecule has 0 amide bonds. The highest BCUT2D eigenvalue weighted by molar-refractivity contribution is 6.12. The van der Waals surface area contributed by atoms with Gasteiger partial charge in [0.05, 0.1) is 5.56 Å². The van der Waals surface area contributed by atoms with Crippen LogP contribution < -0.4 is 9.47 Å². The highest BCUT2D eigenvalue weighted by Gasteiger charge is 2.22. The van der Waals surface area contributed by atoms with Gasteiger partial charge in [-0.25, -0.2) is 14.4 Å². The fraction of sp³-hybridized carbons (Fsp3) is 0.432. The first-order chi connectivity index (χ1) is 21.8. The number of ether oxygens (including phenoxy) is 4. The van der Waals surface area contributed by atoms with Gasteiger partial charge < -0.3 is 24.1 Å². The Morgan fingerprint density at radius 3 is 1.60 bits per heavy atom. The third-order valence-corrected chi connectivity index (χ3v) is 7.66. The summed E-state index contributed by atoms with van der Waals surface area (Å²) in [6.07, 6.45) is 10.7. The molecule has 8 nitrogen and oxygen atoms in total. The molecule has 0 aliphatic heterocycles. The van der Waals surface area contributed by atoms with Gasteiger partial charge in [0.25, 0.3) is 0 Å². The van der Waals surface area contributed by atoms with Crippen LogP contribution in [0.15, 0.2) is 67.8 Å². The Morgan fingerprint density at radius 2 is 1.16 bits per heavy atom. The Balaban J connectivity index is 2.02. The summed E-state index contributed by atoms with van der Waals surface area (Å²) in [5.74, 6) is -1.10. The van der Waals surface area contributed by atoms with Gasteiger partial charge in [-0.15, -0.1) is 0 Å². The van der Waals surface area contributed by atoms with Gasteiger partial charge in [0, 0.05) is 33.7 Å². The number of benzene rings is 3. The van der Waals surface area contributed by atoms with E-state index >= 15 is 0 Å². The van der Waals surface area contributed by atoms with Crippen LogP contribution >= 0.6 is 0 Å². The second kappa shape index (κ2) is 18.5. The third-order valence-electron chi connectivity index (χ3n) is 7.66. The molecule has 2 atom stereocenters. The Kier molecular flexibility index (Phi) is 14.4. The molecule has 0 spiro atoms. The molecule has 0 radical (unpaired) electrons. The Bertz CT molecular complexity index is 1460. The highest BCUT2D eigenvalue weighted by Crippen LogP contribution is 2.43. The van der Waals surface area contributed by atoms with Crippen LogP contribution in [0.4, 0.5) is 0 Å². The average molecular weight is 619 g/mol. The monoisotopic (exact) mass is 618 g/mol. The molecule has 0 bridgehead atoms. The Morgan fingerprint density at radius 1 is 0.689 bits per heavy atom. The highest BCUT2D eigenvalue weighted by atomic mass is 16.6. The molecule has 0 aliphatic rings. The van der Waals surface area contributed by atoms with Gasteiger partial charge in [0.15, 0.2) is 0 Å². The van der Waals surface area contributed by atoms with E-state index < -0.39 is 30.1 Å². The number of fused-ring (bicyclic) bond motifs is 2. The van der Waals surface area contributed by atoms with Gasteiger partial charge >= 0.3 is 17.9 Å². The van der Waals surface area contributed by atoms with Crippen LogP contribution in [0.25, 0.3) is 21.5 Å². The van der Waals surface area contributed by atoms with E-state index in [1.54, 1.807) is 12.1 Å². The van der Waals surface area contributed by atoms with Crippen molar-refractivity contribution in [1.29, 1.82) is 0 Å². The van der Waals surface area contributed by atoms with E-state index in [0.717, 1.165) is 68.9 Å². The normalized spacial score (nSPS) is 12.3. The van der Waals surface area contributed by atoms with Crippen molar-refractivity contribution in [1.82, 2.24) is 0 Å². The van der Waals surface area contributed by atoms with Gasteiger partial charge in [-0.05, 0) is 43.9 Å². The van der Waals surface area contributed by atoms with E-state index in [1.165, 1.54) is 6.07 Å². The molecule has 0 saturated heterocycles. The van der Waals surface area contributed by atoms with Crippen LogP contribution in [0.3, 0.4) is 0 Å². The van der Waals surface area contributed by atoms with Crippen LogP contribution in [-0.4, -0.2) is 48.4 Å². The maximum Gasteiger partial charge on any atom is 0.335 e. The van der Waals surface area contributed by atoms with Crippen LogP contribution in [0.5, 0.6) is 11.5 Å². The van der Waals surface area contributed by atoms with E-state index in [0.29, 0.717) is 40.5 Å². The molecule has 242 valence electrons. The van der Waals surface area contributed by atoms with Crippen molar-refractivity contribution in [3.05, 3.63) is 73.3 Å². The lowest BCUT2D eigenvalue weighted by molar-refractivity contribution is -0.145. The van der Waals surface area contributed by atoms with Crippen LogP contribution in [0.1, 0.15) is 88.4 Å². The average Bonchev–Trinajstić information content (AvgIpc) is 3.05. The topological polar surface area (TPSA) is 108 Å².